The average Bonchev–Trinajstić information content (AvgIpc) is 2.89. The number of esters is 1. The lowest BCUT2D eigenvalue weighted by atomic mass is 10.0. The fraction of sp³-hybridized carbons (Fsp3) is 0.235. The Morgan fingerprint density at radius 2 is 1.84 bits per heavy atom. The van der Waals surface area contributed by atoms with Gasteiger partial charge in [0.1, 0.15) is 16.4 Å². The van der Waals surface area contributed by atoms with E-state index in [0.717, 1.165) is 4.88 Å². The van der Waals surface area contributed by atoms with E-state index in [9.17, 15) is 18.8 Å². The number of anilines is 1. The predicted molar refractivity (Wildman–Crippen MR) is 91.3 cm³/mol. The molecule has 1 heterocycles. The minimum absolute atomic E-state index is 0.167. The van der Waals surface area contributed by atoms with Crippen LogP contribution in [0.25, 0.3) is 11.1 Å². The average molecular weight is 365 g/mol. The number of benzene rings is 1. The molecule has 1 aromatic carbocycles. The molecular formula is C17H16FNO5S. The Bertz CT molecular complexity index is 813. The van der Waals surface area contributed by atoms with Crippen molar-refractivity contribution in [3.8, 4) is 11.1 Å². The first kappa shape index (κ1) is 18.6. The lowest BCUT2D eigenvalue weighted by Gasteiger charge is -2.08. The third kappa shape index (κ3) is 4.42. The zero-order valence-corrected chi connectivity index (χ0v) is 14.4. The van der Waals surface area contributed by atoms with E-state index < -0.39 is 23.7 Å². The number of rotatable bonds is 6. The van der Waals surface area contributed by atoms with Crippen LogP contribution in [0.3, 0.4) is 0 Å². The number of hydrogen-bond donors (Lipinski definition) is 2. The number of nitrogens with one attached hydrogen (secondary N) is 1. The highest BCUT2D eigenvalue weighted by atomic mass is 32.1. The summed E-state index contributed by atoms with van der Waals surface area (Å²) in [6.07, 6.45) is -0.520. The highest BCUT2D eigenvalue weighted by Crippen LogP contribution is 2.40. The molecule has 0 aliphatic rings. The van der Waals surface area contributed by atoms with E-state index in [4.69, 9.17) is 9.84 Å². The second kappa shape index (κ2) is 7.89. The fourth-order valence-electron chi connectivity index (χ4n) is 2.30. The molecule has 2 aromatic rings. The van der Waals surface area contributed by atoms with E-state index in [1.807, 2.05) is 0 Å². The summed E-state index contributed by atoms with van der Waals surface area (Å²) in [7, 11) is 1.22. The third-order valence-electron chi connectivity index (χ3n) is 3.43. The Morgan fingerprint density at radius 1 is 1.20 bits per heavy atom. The van der Waals surface area contributed by atoms with Crippen LogP contribution in [0, 0.1) is 12.7 Å². The molecule has 0 aliphatic heterocycles. The van der Waals surface area contributed by atoms with Gasteiger partial charge < -0.3 is 15.2 Å². The van der Waals surface area contributed by atoms with E-state index in [0.29, 0.717) is 11.1 Å². The second-order valence-corrected chi connectivity index (χ2v) is 6.40. The molecule has 0 saturated heterocycles. The number of carbonyl (C=O) groups excluding carboxylic acids is 2. The first-order valence-corrected chi connectivity index (χ1v) is 8.14. The van der Waals surface area contributed by atoms with E-state index >= 15 is 0 Å². The van der Waals surface area contributed by atoms with Gasteiger partial charge in [0.05, 0.1) is 13.5 Å². The normalized spacial score (nSPS) is 10.4. The molecule has 6 nitrogen and oxygen atoms in total. The second-order valence-electron chi connectivity index (χ2n) is 5.18. The van der Waals surface area contributed by atoms with Crippen LogP contribution in [-0.4, -0.2) is 30.1 Å². The molecule has 0 aliphatic carbocycles. The van der Waals surface area contributed by atoms with Crippen LogP contribution in [0.2, 0.25) is 0 Å². The lowest BCUT2D eigenvalue weighted by Crippen LogP contribution is -2.15. The molecule has 8 heteroatoms. The number of halogens is 1. The van der Waals surface area contributed by atoms with E-state index in [2.05, 4.69) is 5.32 Å². The smallest absolute Gasteiger partial charge is 0.341 e. The minimum atomic E-state index is -1.09. The van der Waals surface area contributed by atoms with Crippen LogP contribution in [0.1, 0.15) is 28.1 Å². The van der Waals surface area contributed by atoms with E-state index in [1.54, 1.807) is 6.92 Å². The molecule has 2 N–H and O–H groups in total. The number of amides is 1. The highest BCUT2D eigenvalue weighted by Gasteiger charge is 2.25. The van der Waals surface area contributed by atoms with Gasteiger partial charge in [0, 0.05) is 16.9 Å². The molecule has 1 amide bonds. The summed E-state index contributed by atoms with van der Waals surface area (Å²) < 4.78 is 18.0. The third-order valence-corrected chi connectivity index (χ3v) is 4.45. The number of aliphatic carboxylic acids is 1. The molecule has 0 saturated carbocycles. The molecule has 0 atom stereocenters. The SMILES string of the molecule is COC(=O)c1c(NC(=O)CCC(=O)O)sc(C)c1-c1ccc(F)cc1. The predicted octanol–water partition coefficient (Wildman–Crippen LogP) is 3.45. The van der Waals surface area contributed by atoms with Crippen molar-refractivity contribution in [1.82, 2.24) is 0 Å². The summed E-state index contributed by atoms with van der Waals surface area (Å²) >= 11 is 1.17. The zero-order valence-electron chi connectivity index (χ0n) is 13.6. The Kier molecular flexibility index (Phi) is 5.87. The van der Waals surface area contributed by atoms with Crippen molar-refractivity contribution in [3.05, 3.63) is 40.5 Å². The van der Waals surface area contributed by atoms with Gasteiger partial charge in [-0.25, -0.2) is 9.18 Å². The summed E-state index contributed by atoms with van der Waals surface area (Å²) in [6, 6.07) is 5.62. The van der Waals surface area contributed by atoms with Crippen molar-refractivity contribution < 1.29 is 28.6 Å². The maximum absolute atomic E-state index is 13.2. The van der Waals surface area contributed by atoms with Crippen LogP contribution in [-0.2, 0) is 14.3 Å². The number of thiophene rings is 1. The monoisotopic (exact) mass is 365 g/mol. The van der Waals surface area contributed by atoms with Crippen molar-refractivity contribution in [3.63, 3.8) is 0 Å². The number of carboxylic acid groups (broad SMARTS) is 1. The quantitative estimate of drug-likeness (QED) is 0.765. The van der Waals surface area contributed by atoms with Crippen LogP contribution in [0.5, 0.6) is 0 Å². The van der Waals surface area contributed by atoms with Gasteiger partial charge in [0.25, 0.3) is 0 Å². The first-order chi connectivity index (χ1) is 11.8. The molecule has 1 aromatic heterocycles. The summed E-state index contributed by atoms with van der Waals surface area (Å²) in [5.74, 6) is -2.65. The Morgan fingerprint density at radius 3 is 2.40 bits per heavy atom. The Balaban J connectivity index is 2.42. The summed E-state index contributed by atoms with van der Waals surface area (Å²) in [6.45, 7) is 1.77. The van der Waals surface area contributed by atoms with Crippen LogP contribution >= 0.6 is 11.3 Å². The number of aryl methyl sites for hydroxylation is 1. The first-order valence-electron chi connectivity index (χ1n) is 7.32. The molecule has 0 bridgehead atoms. The summed E-state index contributed by atoms with van der Waals surface area (Å²) in [4.78, 5) is 35.4. The van der Waals surface area contributed by atoms with Crippen LogP contribution < -0.4 is 5.32 Å². The van der Waals surface area contributed by atoms with E-state index in [1.165, 1.54) is 42.7 Å². The van der Waals surface area contributed by atoms with Crippen LogP contribution in [0.4, 0.5) is 9.39 Å². The summed E-state index contributed by atoms with van der Waals surface area (Å²) in [5.41, 5.74) is 1.33. The van der Waals surface area contributed by atoms with Crippen molar-refractivity contribution in [2.45, 2.75) is 19.8 Å². The molecule has 0 radical (unpaired) electrons. The number of carboxylic acids is 1. The van der Waals surface area contributed by atoms with Crippen LogP contribution in [0.15, 0.2) is 24.3 Å². The molecule has 132 valence electrons. The maximum Gasteiger partial charge on any atom is 0.341 e. The molecule has 0 fully saturated rings. The molecule has 2 rings (SSSR count). The molecular weight excluding hydrogens is 349 g/mol. The zero-order chi connectivity index (χ0) is 18.6. The topological polar surface area (TPSA) is 92.7 Å². The maximum atomic E-state index is 13.2. The van der Waals surface area contributed by atoms with Gasteiger partial charge in [-0.2, -0.15) is 0 Å². The Hall–Kier alpha value is -2.74. The van der Waals surface area contributed by atoms with Gasteiger partial charge in [-0.3, -0.25) is 9.59 Å². The number of methoxy groups -OCH3 is 1. The van der Waals surface area contributed by atoms with Crippen molar-refractivity contribution in [2.24, 2.45) is 0 Å². The van der Waals surface area contributed by atoms with E-state index in [-0.39, 0.29) is 23.4 Å². The molecule has 0 spiro atoms. The number of carbonyl (C=O) groups is 3. The van der Waals surface area contributed by atoms with Gasteiger partial charge in [-0.15, -0.1) is 11.3 Å². The minimum Gasteiger partial charge on any atom is -0.481 e. The largest absolute Gasteiger partial charge is 0.481 e. The highest BCUT2D eigenvalue weighted by molar-refractivity contribution is 7.17. The standard InChI is InChI=1S/C17H16FNO5S/c1-9-14(10-3-5-11(18)6-4-10)15(17(23)24-2)16(25-9)19-12(20)7-8-13(21)22/h3-6H,7-8H2,1-2H3,(H,19,20)(H,21,22). The molecule has 0 unspecified atom stereocenters. The van der Waals surface area contributed by atoms with Gasteiger partial charge in [0.2, 0.25) is 5.91 Å². The number of ether oxygens (including phenoxy) is 1. The fourth-order valence-corrected chi connectivity index (χ4v) is 3.38. The van der Waals surface area contributed by atoms with Gasteiger partial charge in [-0.05, 0) is 24.6 Å². The van der Waals surface area contributed by atoms with Crippen molar-refractivity contribution >= 4 is 34.2 Å². The Labute approximate surface area is 147 Å². The summed E-state index contributed by atoms with van der Waals surface area (Å²) in [5, 5.41) is 11.5. The van der Waals surface area contributed by atoms with Crippen molar-refractivity contribution in [2.75, 3.05) is 12.4 Å². The van der Waals surface area contributed by atoms with Gasteiger partial charge in [-0.1, -0.05) is 12.1 Å². The lowest BCUT2D eigenvalue weighted by molar-refractivity contribution is -0.138. The van der Waals surface area contributed by atoms with Gasteiger partial charge in [0.15, 0.2) is 0 Å². The molecule has 25 heavy (non-hydrogen) atoms. The van der Waals surface area contributed by atoms with Gasteiger partial charge >= 0.3 is 11.9 Å². The van der Waals surface area contributed by atoms with Crippen molar-refractivity contribution in [1.29, 1.82) is 0 Å². The number of hydrogen-bond acceptors (Lipinski definition) is 5.